The lowest BCUT2D eigenvalue weighted by Crippen LogP contribution is -2.42. The lowest BCUT2D eigenvalue weighted by atomic mass is 10.4. The summed E-state index contributed by atoms with van der Waals surface area (Å²) < 4.78 is 5.03. The fourth-order valence-electron chi connectivity index (χ4n) is 1.51. The van der Waals surface area contributed by atoms with Crippen molar-refractivity contribution in [1.29, 1.82) is 0 Å². The number of methoxy groups -OCH3 is 1. The average Bonchev–Trinajstić information content (AvgIpc) is 3.14. The van der Waals surface area contributed by atoms with Crippen LogP contribution in [0.5, 0.6) is 0 Å². The molecule has 2 N–H and O–H groups in total. The van der Waals surface area contributed by atoms with Gasteiger partial charge in [0.1, 0.15) is 0 Å². The lowest BCUT2D eigenvalue weighted by Gasteiger charge is -2.17. The fourth-order valence-corrected chi connectivity index (χ4v) is 1.51. The molecule has 0 aromatic carbocycles. The molecule has 17 heavy (non-hydrogen) atoms. The fraction of sp³-hybridized carbons (Fsp3) is 0.917. The van der Waals surface area contributed by atoms with Crippen LogP contribution in [0.1, 0.15) is 12.8 Å². The van der Waals surface area contributed by atoms with Crippen molar-refractivity contribution in [1.82, 2.24) is 15.5 Å². The molecule has 0 aromatic rings. The van der Waals surface area contributed by atoms with Gasteiger partial charge in [-0.25, -0.2) is 0 Å². The molecule has 100 valence electrons. The minimum Gasteiger partial charge on any atom is -0.383 e. The summed E-state index contributed by atoms with van der Waals surface area (Å²) in [5.74, 6) is 1.79. The molecule has 0 heterocycles. The summed E-state index contributed by atoms with van der Waals surface area (Å²) in [4.78, 5) is 6.44. The Morgan fingerprint density at radius 1 is 1.35 bits per heavy atom. The molecule has 0 bridgehead atoms. The third-order valence-corrected chi connectivity index (χ3v) is 2.94. The van der Waals surface area contributed by atoms with Crippen molar-refractivity contribution in [2.45, 2.75) is 12.8 Å². The first kappa shape index (κ1) is 14.3. The minimum absolute atomic E-state index is 0.783. The van der Waals surface area contributed by atoms with Crippen LogP contribution in [0.25, 0.3) is 0 Å². The summed E-state index contributed by atoms with van der Waals surface area (Å²) >= 11 is 0. The van der Waals surface area contributed by atoms with E-state index in [1.165, 1.54) is 12.8 Å². The van der Waals surface area contributed by atoms with Crippen molar-refractivity contribution in [3.8, 4) is 0 Å². The SMILES string of the molecule is CN=C(NCCN(C)CCOC)NCC1CC1. The Balaban J connectivity index is 2.01. The van der Waals surface area contributed by atoms with Gasteiger partial charge in [0.15, 0.2) is 5.96 Å². The second-order valence-electron chi connectivity index (χ2n) is 4.62. The predicted octanol–water partition coefficient (Wildman–Crippen LogP) is 0.140. The maximum absolute atomic E-state index is 5.03. The molecule has 1 aliphatic carbocycles. The Morgan fingerprint density at radius 3 is 2.71 bits per heavy atom. The van der Waals surface area contributed by atoms with Gasteiger partial charge in [-0.3, -0.25) is 4.99 Å². The van der Waals surface area contributed by atoms with E-state index in [-0.39, 0.29) is 0 Å². The van der Waals surface area contributed by atoms with Gasteiger partial charge >= 0.3 is 0 Å². The van der Waals surface area contributed by atoms with Gasteiger partial charge in [-0.1, -0.05) is 0 Å². The molecule has 0 aliphatic heterocycles. The number of rotatable bonds is 8. The Labute approximate surface area is 105 Å². The van der Waals surface area contributed by atoms with Gasteiger partial charge in [-0.2, -0.15) is 0 Å². The Morgan fingerprint density at radius 2 is 2.12 bits per heavy atom. The summed E-state index contributed by atoms with van der Waals surface area (Å²) in [5, 5.41) is 6.66. The molecule has 0 amide bonds. The van der Waals surface area contributed by atoms with Crippen molar-refractivity contribution >= 4 is 5.96 Å². The molecule has 1 fully saturated rings. The highest BCUT2D eigenvalue weighted by Gasteiger charge is 2.20. The molecule has 0 spiro atoms. The maximum atomic E-state index is 5.03. The molecule has 5 nitrogen and oxygen atoms in total. The number of guanidine groups is 1. The van der Waals surface area contributed by atoms with Gasteiger partial charge in [0.2, 0.25) is 0 Å². The second kappa shape index (κ2) is 8.31. The monoisotopic (exact) mass is 242 g/mol. The summed E-state index contributed by atoms with van der Waals surface area (Å²) in [6, 6.07) is 0. The largest absolute Gasteiger partial charge is 0.383 e. The Hall–Kier alpha value is -0.810. The van der Waals surface area contributed by atoms with E-state index >= 15 is 0 Å². The molecule has 5 heteroatoms. The normalized spacial score (nSPS) is 16.4. The van der Waals surface area contributed by atoms with Gasteiger partial charge in [-0.05, 0) is 25.8 Å². The van der Waals surface area contributed by atoms with E-state index in [0.29, 0.717) is 0 Å². The van der Waals surface area contributed by atoms with E-state index in [1.807, 2.05) is 7.05 Å². The predicted molar refractivity (Wildman–Crippen MR) is 71.5 cm³/mol. The molecule has 0 unspecified atom stereocenters. The highest BCUT2D eigenvalue weighted by Crippen LogP contribution is 2.27. The number of likely N-dealkylation sites (N-methyl/N-ethyl adjacent to an activating group) is 1. The Bertz CT molecular complexity index is 229. The van der Waals surface area contributed by atoms with Crippen LogP contribution < -0.4 is 10.6 Å². The number of nitrogens with one attached hydrogen (secondary N) is 2. The van der Waals surface area contributed by atoms with Crippen LogP contribution in [0.4, 0.5) is 0 Å². The van der Waals surface area contributed by atoms with Crippen molar-refractivity contribution in [2.24, 2.45) is 10.9 Å². The average molecular weight is 242 g/mol. The third kappa shape index (κ3) is 7.18. The summed E-state index contributed by atoms with van der Waals surface area (Å²) in [6.45, 7) is 4.70. The van der Waals surface area contributed by atoms with Crippen LogP contribution in [-0.2, 0) is 4.74 Å². The number of nitrogens with zero attached hydrogens (tertiary/aromatic N) is 2. The van der Waals surface area contributed by atoms with Crippen LogP contribution in [-0.4, -0.2) is 64.9 Å². The highest BCUT2D eigenvalue weighted by molar-refractivity contribution is 5.79. The molecule has 0 saturated heterocycles. The van der Waals surface area contributed by atoms with E-state index in [1.54, 1.807) is 7.11 Å². The van der Waals surface area contributed by atoms with Gasteiger partial charge in [0.25, 0.3) is 0 Å². The highest BCUT2D eigenvalue weighted by atomic mass is 16.5. The minimum atomic E-state index is 0.783. The summed E-state index contributed by atoms with van der Waals surface area (Å²) in [6.07, 6.45) is 2.73. The zero-order valence-corrected chi connectivity index (χ0v) is 11.3. The third-order valence-electron chi connectivity index (χ3n) is 2.94. The Kier molecular flexibility index (Phi) is 6.96. The zero-order chi connectivity index (χ0) is 12.5. The van der Waals surface area contributed by atoms with Crippen molar-refractivity contribution in [2.75, 3.05) is 54.0 Å². The molecular formula is C12H26N4O. The molecule has 1 saturated carbocycles. The quantitative estimate of drug-likeness (QED) is 0.469. The summed E-state index contributed by atoms with van der Waals surface area (Å²) in [7, 11) is 5.65. The number of ether oxygens (including phenoxy) is 1. The lowest BCUT2D eigenvalue weighted by molar-refractivity contribution is 0.162. The topological polar surface area (TPSA) is 48.9 Å². The van der Waals surface area contributed by atoms with Gasteiger partial charge in [-0.15, -0.1) is 0 Å². The van der Waals surface area contributed by atoms with Crippen molar-refractivity contribution in [3.63, 3.8) is 0 Å². The van der Waals surface area contributed by atoms with E-state index in [2.05, 4.69) is 27.6 Å². The molecule has 1 rings (SSSR count). The standard InChI is InChI=1S/C12H26N4O/c1-13-12(15-10-11-4-5-11)14-6-7-16(2)8-9-17-3/h11H,4-10H2,1-3H3,(H2,13,14,15). The van der Waals surface area contributed by atoms with Crippen LogP contribution in [0.15, 0.2) is 4.99 Å². The van der Waals surface area contributed by atoms with E-state index < -0.39 is 0 Å². The van der Waals surface area contributed by atoms with E-state index in [0.717, 1.165) is 44.7 Å². The maximum Gasteiger partial charge on any atom is 0.191 e. The number of hydrogen-bond donors (Lipinski definition) is 2. The van der Waals surface area contributed by atoms with Crippen LogP contribution in [0.3, 0.4) is 0 Å². The van der Waals surface area contributed by atoms with Crippen LogP contribution >= 0.6 is 0 Å². The molecule has 1 aliphatic rings. The van der Waals surface area contributed by atoms with Crippen LogP contribution in [0.2, 0.25) is 0 Å². The molecular weight excluding hydrogens is 216 g/mol. The first-order valence-corrected chi connectivity index (χ1v) is 6.38. The molecule has 0 aromatic heterocycles. The van der Waals surface area contributed by atoms with Gasteiger partial charge in [0, 0.05) is 40.3 Å². The van der Waals surface area contributed by atoms with Crippen molar-refractivity contribution in [3.05, 3.63) is 0 Å². The van der Waals surface area contributed by atoms with Crippen LogP contribution in [0, 0.1) is 5.92 Å². The first-order valence-electron chi connectivity index (χ1n) is 6.38. The number of aliphatic imine (C=N–C) groups is 1. The van der Waals surface area contributed by atoms with E-state index in [4.69, 9.17) is 4.74 Å². The first-order chi connectivity index (χ1) is 8.26. The number of hydrogen-bond acceptors (Lipinski definition) is 3. The van der Waals surface area contributed by atoms with Gasteiger partial charge in [0.05, 0.1) is 6.61 Å². The van der Waals surface area contributed by atoms with Gasteiger partial charge < -0.3 is 20.3 Å². The summed E-state index contributed by atoms with van der Waals surface area (Å²) in [5.41, 5.74) is 0. The van der Waals surface area contributed by atoms with Crippen molar-refractivity contribution < 1.29 is 4.74 Å². The zero-order valence-electron chi connectivity index (χ0n) is 11.3. The smallest absolute Gasteiger partial charge is 0.191 e. The molecule has 0 radical (unpaired) electrons. The molecule has 0 atom stereocenters. The second-order valence-corrected chi connectivity index (χ2v) is 4.62. The van der Waals surface area contributed by atoms with E-state index in [9.17, 15) is 0 Å².